The first-order valence-corrected chi connectivity index (χ1v) is 4.48. The Bertz CT molecular complexity index is 332. The Hall–Kier alpha value is -0.860. The Kier molecular flexibility index (Phi) is 3.07. The molecule has 0 saturated heterocycles. The molecule has 70 valence electrons. The molecular formula is C10H13ClN2. The summed E-state index contributed by atoms with van der Waals surface area (Å²) in [7, 11) is 0. The first-order chi connectivity index (χ1) is 6.02. The van der Waals surface area contributed by atoms with Crippen molar-refractivity contribution in [2.24, 2.45) is 5.73 Å². The molecule has 2 nitrogen and oxygen atoms in total. The van der Waals surface area contributed by atoms with Gasteiger partial charge in [-0.05, 0) is 25.5 Å². The van der Waals surface area contributed by atoms with E-state index >= 15 is 0 Å². The molecule has 0 amide bonds. The summed E-state index contributed by atoms with van der Waals surface area (Å²) in [5.41, 5.74) is 8.28. The summed E-state index contributed by atoms with van der Waals surface area (Å²) in [6, 6.07) is 3.69. The van der Waals surface area contributed by atoms with E-state index in [0.717, 1.165) is 16.8 Å². The molecule has 0 bridgehead atoms. The molecule has 13 heavy (non-hydrogen) atoms. The molecule has 1 rings (SSSR count). The summed E-state index contributed by atoms with van der Waals surface area (Å²) in [6.45, 7) is 7.56. The van der Waals surface area contributed by atoms with Crippen LogP contribution in [-0.4, -0.2) is 4.98 Å². The normalized spacial score (nSPS) is 12.6. The lowest BCUT2D eigenvalue weighted by Crippen LogP contribution is -2.06. The van der Waals surface area contributed by atoms with Gasteiger partial charge in [0.2, 0.25) is 0 Å². The highest BCUT2D eigenvalue weighted by atomic mass is 35.5. The number of aromatic nitrogens is 1. The average molecular weight is 197 g/mol. The van der Waals surface area contributed by atoms with Crippen molar-refractivity contribution in [3.05, 3.63) is 35.1 Å². The lowest BCUT2D eigenvalue weighted by atomic mass is 10.1. The van der Waals surface area contributed by atoms with Crippen LogP contribution in [0.3, 0.4) is 0 Å². The quantitative estimate of drug-likeness (QED) is 0.739. The second-order valence-corrected chi connectivity index (χ2v) is 3.50. The number of rotatable bonds is 2. The van der Waals surface area contributed by atoms with Crippen molar-refractivity contribution in [1.29, 1.82) is 0 Å². The van der Waals surface area contributed by atoms with E-state index in [1.807, 2.05) is 26.0 Å². The van der Waals surface area contributed by atoms with Gasteiger partial charge in [0.25, 0.3) is 0 Å². The molecule has 0 radical (unpaired) electrons. The summed E-state index contributed by atoms with van der Waals surface area (Å²) in [4.78, 5) is 4.18. The maximum Gasteiger partial charge on any atom is 0.134 e. The third kappa shape index (κ3) is 2.29. The number of nitrogens with zero attached hydrogens (tertiary/aromatic N) is 1. The summed E-state index contributed by atoms with van der Waals surface area (Å²) in [5.74, 6) is 0. The van der Waals surface area contributed by atoms with E-state index in [1.54, 1.807) is 0 Å². The van der Waals surface area contributed by atoms with Crippen LogP contribution in [0.1, 0.15) is 31.1 Å². The van der Waals surface area contributed by atoms with Crippen LogP contribution in [0.15, 0.2) is 18.7 Å². The molecule has 0 aliphatic carbocycles. The van der Waals surface area contributed by atoms with E-state index < -0.39 is 0 Å². The SMILES string of the molecule is C=C(C)c1ccc(C(C)N)c(Cl)n1. The second kappa shape index (κ2) is 3.90. The molecule has 1 unspecified atom stereocenters. The third-order valence-electron chi connectivity index (χ3n) is 1.81. The van der Waals surface area contributed by atoms with Gasteiger partial charge in [-0.1, -0.05) is 24.2 Å². The predicted molar refractivity (Wildman–Crippen MR) is 56.6 cm³/mol. The van der Waals surface area contributed by atoms with Crippen LogP contribution >= 0.6 is 11.6 Å². The average Bonchev–Trinajstić information content (AvgIpc) is 2.03. The largest absolute Gasteiger partial charge is 0.324 e. The van der Waals surface area contributed by atoms with Gasteiger partial charge in [0.1, 0.15) is 5.15 Å². The molecule has 0 aliphatic heterocycles. The lowest BCUT2D eigenvalue weighted by molar-refractivity contribution is 0.811. The number of hydrogen-bond donors (Lipinski definition) is 1. The molecule has 0 saturated carbocycles. The number of nitrogens with two attached hydrogens (primary N) is 1. The van der Waals surface area contributed by atoms with Crippen LogP contribution in [0, 0.1) is 0 Å². The minimum absolute atomic E-state index is 0.0841. The molecule has 1 atom stereocenters. The van der Waals surface area contributed by atoms with Crippen LogP contribution in [-0.2, 0) is 0 Å². The van der Waals surface area contributed by atoms with Gasteiger partial charge in [-0.3, -0.25) is 0 Å². The molecule has 1 aromatic rings. The second-order valence-electron chi connectivity index (χ2n) is 3.15. The van der Waals surface area contributed by atoms with E-state index in [-0.39, 0.29) is 6.04 Å². The molecule has 0 spiro atoms. The van der Waals surface area contributed by atoms with E-state index in [9.17, 15) is 0 Å². The van der Waals surface area contributed by atoms with E-state index in [2.05, 4.69) is 11.6 Å². The maximum absolute atomic E-state index is 5.94. The topological polar surface area (TPSA) is 38.9 Å². The minimum atomic E-state index is -0.0841. The van der Waals surface area contributed by atoms with Crippen LogP contribution in [0.2, 0.25) is 5.15 Å². The third-order valence-corrected chi connectivity index (χ3v) is 2.11. The smallest absolute Gasteiger partial charge is 0.134 e. The van der Waals surface area contributed by atoms with Gasteiger partial charge in [-0.2, -0.15) is 0 Å². The molecule has 2 N–H and O–H groups in total. The highest BCUT2D eigenvalue weighted by Gasteiger charge is 2.07. The molecular weight excluding hydrogens is 184 g/mol. The molecule has 0 fully saturated rings. The van der Waals surface area contributed by atoms with Gasteiger partial charge in [0.05, 0.1) is 5.69 Å². The molecule has 3 heteroatoms. The number of halogens is 1. The summed E-state index contributed by atoms with van der Waals surface area (Å²) < 4.78 is 0. The van der Waals surface area contributed by atoms with Crippen molar-refractivity contribution < 1.29 is 0 Å². The Labute approximate surface area is 83.4 Å². The zero-order valence-corrected chi connectivity index (χ0v) is 8.60. The standard InChI is InChI=1S/C10H13ClN2/c1-6(2)9-5-4-8(7(3)12)10(11)13-9/h4-5,7H,1,12H2,2-3H3. The van der Waals surface area contributed by atoms with Crippen LogP contribution in [0.5, 0.6) is 0 Å². The number of pyridine rings is 1. The first-order valence-electron chi connectivity index (χ1n) is 4.10. The lowest BCUT2D eigenvalue weighted by Gasteiger charge is -2.08. The Morgan fingerprint density at radius 2 is 2.23 bits per heavy atom. The van der Waals surface area contributed by atoms with Crippen molar-refractivity contribution in [2.45, 2.75) is 19.9 Å². The monoisotopic (exact) mass is 196 g/mol. The first kappa shape index (κ1) is 10.2. The van der Waals surface area contributed by atoms with Crippen molar-refractivity contribution in [3.63, 3.8) is 0 Å². The zero-order valence-electron chi connectivity index (χ0n) is 7.84. The van der Waals surface area contributed by atoms with Crippen molar-refractivity contribution in [3.8, 4) is 0 Å². The predicted octanol–water partition coefficient (Wildman–Crippen LogP) is 2.79. The van der Waals surface area contributed by atoms with Gasteiger partial charge < -0.3 is 5.73 Å². The maximum atomic E-state index is 5.94. The minimum Gasteiger partial charge on any atom is -0.324 e. The number of hydrogen-bond acceptors (Lipinski definition) is 2. The molecule has 1 heterocycles. The molecule has 0 aromatic carbocycles. The Morgan fingerprint density at radius 3 is 2.62 bits per heavy atom. The van der Waals surface area contributed by atoms with Crippen molar-refractivity contribution in [1.82, 2.24) is 4.98 Å². The summed E-state index contributed by atoms with van der Waals surface area (Å²) in [6.07, 6.45) is 0. The number of allylic oxidation sites excluding steroid dienone is 1. The zero-order chi connectivity index (χ0) is 10.0. The van der Waals surface area contributed by atoms with E-state index in [0.29, 0.717) is 5.15 Å². The van der Waals surface area contributed by atoms with Crippen molar-refractivity contribution >= 4 is 17.2 Å². The fraction of sp³-hybridized carbons (Fsp3) is 0.300. The van der Waals surface area contributed by atoms with E-state index in [4.69, 9.17) is 17.3 Å². The van der Waals surface area contributed by atoms with Crippen molar-refractivity contribution in [2.75, 3.05) is 0 Å². The molecule has 1 aromatic heterocycles. The van der Waals surface area contributed by atoms with Crippen LogP contribution < -0.4 is 5.73 Å². The molecule has 0 aliphatic rings. The summed E-state index contributed by atoms with van der Waals surface area (Å²) in [5, 5.41) is 0.468. The van der Waals surface area contributed by atoms with Gasteiger partial charge in [0.15, 0.2) is 0 Å². The van der Waals surface area contributed by atoms with E-state index in [1.165, 1.54) is 0 Å². The van der Waals surface area contributed by atoms with Gasteiger partial charge in [0, 0.05) is 11.6 Å². The van der Waals surface area contributed by atoms with Crippen LogP contribution in [0.25, 0.3) is 5.57 Å². The fourth-order valence-electron chi connectivity index (χ4n) is 1.02. The highest BCUT2D eigenvalue weighted by Crippen LogP contribution is 2.21. The van der Waals surface area contributed by atoms with Gasteiger partial charge in [-0.25, -0.2) is 4.98 Å². The Morgan fingerprint density at radius 1 is 1.62 bits per heavy atom. The van der Waals surface area contributed by atoms with Crippen LogP contribution in [0.4, 0.5) is 0 Å². The van der Waals surface area contributed by atoms with Gasteiger partial charge in [-0.15, -0.1) is 0 Å². The summed E-state index contributed by atoms with van der Waals surface area (Å²) >= 11 is 5.94. The fourth-order valence-corrected chi connectivity index (χ4v) is 1.35. The Balaban J connectivity index is 3.13. The highest BCUT2D eigenvalue weighted by molar-refractivity contribution is 6.30. The van der Waals surface area contributed by atoms with Gasteiger partial charge >= 0.3 is 0 Å².